The Bertz CT molecular complexity index is 712. The summed E-state index contributed by atoms with van der Waals surface area (Å²) in [5.74, 6) is 1.71. The first-order valence-corrected chi connectivity index (χ1v) is 11.1. The fraction of sp³-hybridized carbons (Fsp3) is 0.682. The molecule has 0 radical (unpaired) electrons. The Morgan fingerprint density at radius 3 is 2.53 bits per heavy atom. The fourth-order valence-corrected chi connectivity index (χ4v) is 4.11. The van der Waals surface area contributed by atoms with Crippen LogP contribution in [-0.4, -0.2) is 79.4 Å². The number of halogens is 4. The standard InChI is InChI=1S/C22H33F3N4O2.HI/c1-2-26-21(29-12-9-17(15-29)14-28-10-3-4-11-28)27-13-19(30)16-31-20-7-5-18(6-8-20)22(23,24)25;/h5-8,17,19,30H,2-4,9-16H2,1H3,(H,26,27);1H. The lowest BCUT2D eigenvalue weighted by Crippen LogP contribution is -2.41. The van der Waals surface area contributed by atoms with Crippen LogP contribution >= 0.6 is 24.0 Å². The molecule has 2 fully saturated rings. The highest BCUT2D eigenvalue weighted by Gasteiger charge is 2.30. The summed E-state index contributed by atoms with van der Waals surface area (Å²) in [6.45, 7) is 8.33. The number of nitrogens with one attached hydrogen (secondary N) is 1. The summed E-state index contributed by atoms with van der Waals surface area (Å²) in [5, 5.41) is 13.5. The van der Waals surface area contributed by atoms with Gasteiger partial charge in [0.1, 0.15) is 18.5 Å². The average molecular weight is 570 g/mol. The van der Waals surface area contributed by atoms with Gasteiger partial charge in [-0.25, -0.2) is 0 Å². The second kappa shape index (κ2) is 12.8. The summed E-state index contributed by atoms with van der Waals surface area (Å²) in [5.41, 5.74) is -0.728. The van der Waals surface area contributed by atoms with Crippen molar-refractivity contribution >= 4 is 29.9 Å². The molecule has 2 aliphatic heterocycles. The Kier molecular flexibility index (Phi) is 10.8. The molecule has 0 spiro atoms. The van der Waals surface area contributed by atoms with Crippen molar-refractivity contribution < 1.29 is 23.0 Å². The van der Waals surface area contributed by atoms with E-state index in [0.29, 0.717) is 5.92 Å². The summed E-state index contributed by atoms with van der Waals surface area (Å²) in [7, 11) is 0. The Labute approximate surface area is 205 Å². The molecule has 0 amide bonds. The van der Waals surface area contributed by atoms with Crippen molar-refractivity contribution in [1.29, 1.82) is 0 Å². The van der Waals surface area contributed by atoms with Crippen molar-refractivity contribution in [3.63, 3.8) is 0 Å². The normalized spacial score (nSPS) is 20.8. The quantitative estimate of drug-likeness (QED) is 0.285. The van der Waals surface area contributed by atoms with Crippen molar-refractivity contribution in [2.45, 2.75) is 38.5 Å². The summed E-state index contributed by atoms with van der Waals surface area (Å²) >= 11 is 0. The molecule has 2 N–H and O–H groups in total. The fourth-order valence-electron chi connectivity index (χ4n) is 4.11. The minimum atomic E-state index is -4.38. The third kappa shape index (κ3) is 8.26. The van der Waals surface area contributed by atoms with E-state index in [4.69, 9.17) is 4.74 Å². The summed E-state index contributed by atoms with van der Waals surface area (Å²) in [6.07, 6.45) is -1.49. The Morgan fingerprint density at radius 1 is 1.22 bits per heavy atom. The van der Waals surface area contributed by atoms with Gasteiger partial charge in [-0.05, 0) is 69.5 Å². The number of hydrogen-bond acceptors (Lipinski definition) is 4. The van der Waals surface area contributed by atoms with Gasteiger partial charge in [-0.2, -0.15) is 13.2 Å². The lowest BCUT2D eigenvalue weighted by molar-refractivity contribution is -0.137. The van der Waals surface area contributed by atoms with Crippen LogP contribution in [0.5, 0.6) is 5.75 Å². The molecule has 0 aliphatic carbocycles. The molecule has 0 bridgehead atoms. The van der Waals surface area contributed by atoms with Gasteiger partial charge >= 0.3 is 6.18 Å². The minimum absolute atomic E-state index is 0. The number of likely N-dealkylation sites (tertiary alicyclic amines) is 2. The van der Waals surface area contributed by atoms with Crippen LogP contribution in [0.3, 0.4) is 0 Å². The van der Waals surface area contributed by atoms with E-state index in [1.165, 1.54) is 38.1 Å². The summed E-state index contributed by atoms with van der Waals surface area (Å²) in [4.78, 5) is 9.35. The molecule has 2 heterocycles. The summed E-state index contributed by atoms with van der Waals surface area (Å²) < 4.78 is 43.3. The highest BCUT2D eigenvalue weighted by molar-refractivity contribution is 14.0. The Morgan fingerprint density at radius 2 is 1.91 bits per heavy atom. The molecule has 1 aromatic rings. The van der Waals surface area contributed by atoms with Gasteiger partial charge in [0, 0.05) is 26.2 Å². The molecule has 3 rings (SSSR count). The number of ether oxygens (including phenoxy) is 1. The van der Waals surface area contributed by atoms with Crippen molar-refractivity contribution in [3.05, 3.63) is 29.8 Å². The first-order valence-electron chi connectivity index (χ1n) is 11.1. The monoisotopic (exact) mass is 570 g/mol. The molecule has 0 aromatic heterocycles. The van der Waals surface area contributed by atoms with Gasteiger partial charge in [0.05, 0.1) is 12.1 Å². The second-order valence-electron chi connectivity index (χ2n) is 8.29. The number of guanidine groups is 1. The van der Waals surface area contributed by atoms with Gasteiger partial charge in [-0.3, -0.25) is 4.99 Å². The maximum absolute atomic E-state index is 12.6. The molecular weight excluding hydrogens is 536 g/mol. The van der Waals surface area contributed by atoms with Crippen molar-refractivity contribution in [2.24, 2.45) is 10.9 Å². The van der Waals surface area contributed by atoms with Crippen LogP contribution in [0.4, 0.5) is 13.2 Å². The molecule has 6 nitrogen and oxygen atoms in total. The zero-order chi connectivity index (χ0) is 22.3. The highest BCUT2D eigenvalue weighted by atomic mass is 127. The van der Waals surface area contributed by atoms with Crippen LogP contribution in [0, 0.1) is 5.92 Å². The largest absolute Gasteiger partial charge is 0.491 e. The molecule has 2 atom stereocenters. The van der Waals surface area contributed by atoms with E-state index in [0.717, 1.165) is 50.7 Å². The molecule has 32 heavy (non-hydrogen) atoms. The molecule has 0 saturated carbocycles. The van der Waals surface area contributed by atoms with Crippen LogP contribution in [-0.2, 0) is 6.18 Å². The maximum Gasteiger partial charge on any atom is 0.416 e. The van der Waals surface area contributed by atoms with E-state index in [1.807, 2.05) is 6.92 Å². The zero-order valence-corrected chi connectivity index (χ0v) is 20.8. The molecule has 10 heteroatoms. The Hall–Kier alpha value is -1.27. The number of rotatable bonds is 8. The van der Waals surface area contributed by atoms with Crippen molar-refractivity contribution in [3.8, 4) is 5.75 Å². The number of hydrogen-bond donors (Lipinski definition) is 2. The van der Waals surface area contributed by atoms with Gasteiger partial charge < -0.3 is 25.0 Å². The maximum atomic E-state index is 12.6. The summed E-state index contributed by atoms with van der Waals surface area (Å²) in [6, 6.07) is 4.45. The van der Waals surface area contributed by atoms with E-state index in [1.54, 1.807) is 0 Å². The molecule has 182 valence electrons. The zero-order valence-electron chi connectivity index (χ0n) is 18.5. The van der Waals surface area contributed by atoms with Crippen LogP contribution in [0.15, 0.2) is 29.3 Å². The van der Waals surface area contributed by atoms with Gasteiger partial charge in [-0.15, -0.1) is 24.0 Å². The lowest BCUT2D eigenvalue weighted by atomic mass is 10.1. The number of aliphatic hydroxyl groups is 1. The van der Waals surface area contributed by atoms with E-state index in [-0.39, 0.29) is 42.9 Å². The van der Waals surface area contributed by atoms with Gasteiger partial charge in [0.15, 0.2) is 5.96 Å². The molecule has 1 aromatic carbocycles. The Balaban J connectivity index is 0.00000363. The average Bonchev–Trinajstić information content (AvgIpc) is 3.42. The highest BCUT2D eigenvalue weighted by Crippen LogP contribution is 2.30. The predicted octanol–water partition coefficient (Wildman–Crippen LogP) is 3.45. The SMILES string of the molecule is CCNC(=NCC(O)COc1ccc(C(F)(F)F)cc1)N1CCC(CN2CCCC2)C1.I. The van der Waals surface area contributed by atoms with Crippen LogP contribution in [0.2, 0.25) is 0 Å². The molecule has 2 unspecified atom stereocenters. The number of nitrogens with zero attached hydrogens (tertiary/aromatic N) is 3. The molecule has 2 aliphatic rings. The number of benzene rings is 1. The van der Waals surface area contributed by atoms with E-state index in [9.17, 15) is 18.3 Å². The number of aliphatic imine (C=N–C) groups is 1. The van der Waals surface area contributed by atoms with E-state index >= 15 is 0 Å². The smallest absolute Gasteiger partial charge is 0.416 e. The van der Waals surface area contributed by atoms with Gasteiger partial charge in [0.2, 0.25) is 0 Å². The van der Waals surface area contributed by atoms with Crippen LogP contribution < -0.4 is 10.1 Å². The molecular formula is C22H34F3IN4O2. The third-order valence-electron chi connectivity index (χ3n) is 5.71. The number of aliphatic hydroxyl groups excluding tert-OH is 1. The third-order valence-corrected chi connectivity index (χ3v) is 5.71. The topological polar surface area (TPSA) is 60.3 Å². The lowest BCUT2D eigenvalue weighted by Gasteiger charge is -2.23. The first-order chi connectivity index (χ1) is 14.8. The van der Waals surface area contributed by atoms with Gasteiger partial charge in [-0.1, -0.05) is 0 Å². The van der Waals surface area contributed by atoms with Crippen molar-refractivity contribution in [2.75, 3.05) is 52.4 Å². The van der Waals surface area contributed by atoms with Crippen LogP contribution in [0.1, 0.15) is 31.7 Å². The van der Waals surface area contributed by atoms with E-state index in [2.05, 4.69) is 20.1 Å². The van der Waals surface area contributed by atoms with Gasteiger partial charge in [0.25, 0.3) is 0 Å². The predicted molar refractivity (Wildman–Crippen MR) is 130 cm³/mol. The second-order valence-corrected chi connectivity index (χ2v) is 8.29. The van der Waals surface area contributed by atoms with Crippen LogP contribution in [0.25, 0.3) is 0 Å². The number of alkyl halides is 3. The first kappa shape index (κ1) is 27.0. The minimum Gasteiger partial charge on any atom is -0.491 e. The molecule has 2 saturated heterocycles. The van der Waals surface area contributed by atoms with E-state index < -0.39 is 17.8 Å². The van der Waals surface area contributed by atoms with Crippen molar-refractivity contribution in [1.82, 2.24) is 15.1 Å².